The Hall–Kier alpha value is 0.0169. The van der Waals surface area contributed by atoms with Crippen LogP contribution in [0.25, 0.3) is 0 Å². The highest BCUT2D eigenvalue weighted by Gasteiger charge is 2.32. The van der Waals surface area contributed by atoms with Crippen molar-refractivity contribution in [3.63, 3.8) is 0 Å². The third-order valence-corrected chi connectivity index (χ3v) is 4.84. The van der Waals surface area contributed by atoms with Crippen LogP contribution in [0.4, 0.5) is 0 Å². The van der Waals surface area contributed by atoms with Crippen LogP contribution in [-0.2, 0) is 18.5 Å². The van der Waals surface area contributed by atoms with Crippen LogP contribution in [0.5, 0.6) is 0 Å². The summed E-state index contributed by atoms with van der Waals surface area (Å²) >= 11 is 0. The van der Waals surface area contributed by atoms with Crippen molar-refractivity contribution < 1.29 is 18.5 Å². The van der Waals surface area contributed by atoms with Crippen molar-refractivity contribution in [2.45, 2.75) is 46.7 Å². The summed E-state index contributed by atoms with van der Waals surface area (Å²) in [7, 11) is -1.79. The molecule has 104 valence electrons. The summed E-state index contributed by atoms with van der Waals surface area (Å²) in [6.45, 7) is 12.4. The second kappa shape index (κ2) is 11.1. The second-order valence-corrected chi connectivity index (χ2v) is 5.55. The Morgan fingerprint density at radius 1 is 0.824 bits per heavy atom. The molecule has 0 N–H and O–H groups in total. The lowest BCUT2D eigenvalue weighted by atomic mass is 10.5. The van der Waals surface area contributed by atoms with E-state index >= 15 is 0 Å². The number of hydrogen-bond acceptors (Lipinski definition) is 5. The summed E-state index contributed by atoms with van der Waals surface area (Å²) in [6, 6.07) is 0. The lowest BCUT2D eigenvalue weighted by molar-refractivity contribution is -0.376. The van der Waals surface area contributed by atoms with Crippen LogP contribution in [0.2, 0.25) is 0 Å². The fraction of sp³-hybridized carbons (Fsp3) is 1.00. The third kappa shape index (κ3) is 6.49. The molecule has 0 bridgehead atoms. The lowest BCUT2D eigenvalue weighted by Crippen LogP contribution is -2.49. The molecule has 0 aromatic carbocycles. The Bertz CT molecular complexity index is 146. The van der Waals surface area contributed by atoms with E-state index in [2.05, 4.69) is 6.92 Å². The zero-order valence-corrected chi connectivity index (χ0v) is 12.9. The van der Waals surface area contributed by atoms with E-state index in [0.29, 0.717) is 26.4 Å². The molecule has 0 saturated heterocycles. The summed E-state index contributed by atoms with van der Waals surface area (Å²) in [4.78, 5) is 11.0. The molecule has 17 heavy (non-hydrogen) atoms. The molecule has 1 atom stereocenters. The zero-order chi connectivity index (χ0) is 13.1. The molecule has 0 amide bonds. The van der Waals surface area contributed by atoms with Gasteiger partial charge in [-0.25, -0.2) is 0 Å². The van der Waals surface area contributed by atoms with Gasteiger partial charge in [-0.3, -0.25) is 9.68 Å². The van der Waals surface area contributed by atoms with Gasteiger partial charge >= 0.3 is 9.28 Å². The molecule has 1 unspecified atom stereocenters. The Morgan fingerprint density at radius 2 is 1.29 bits per heavy atom. The minimum Gasteiger partial charge on any atom is -0.396 e. The molecule has 6 heteroatoms. The molecule has 0 radical (unpaired) electrons. The summed E-state index contributed by atoms with van der Waals surface area (Å²) in [5.74, 6) is 0. The quantitative estimate of drug-likeness (QED) is 0.421. The molecule has 0 rings (SSSR count). The van der Waals surface area contributed by atoms with Gasteiger partial charge in [0, 0.05) is 13.2 Å². The minimum absolute atomic E-state index is 0.0785. The second-order valence-electron chi connectivity index (χ2n) is 3.38. The monoisotopic (exact) mass is 265 g/mol. The zero-order valence-electron chi connectivity index (χ0n) is 11.8. The summed E-state index contributed by atoms with van der Waals surface area (Å²) in [6.07, 6.45) is 0.886. The maximum Gasteiger partial charge on any atom is 0.344 e. The van der Waals surface area contributed by atoms with Gasteiger partial charge in [0.2, 0.25) is 0 Å². The van der Waals surface area contributed by atoms with Crippen molar-refractivity contribution in [3.05, 3.63) is 0 Å². The SMILES string of the molecule is CCON(OCC)C(CC)[SiH](OCC)OCC. The summed E-state index contributed by atoms with van der Waals surface area (Å²) in [5, 5.41) is 1.57. The van der Waals surface area contributed by atoms with Gasteiger partial charge in [0.15, 0.2) is 0 Å². The Labute approximate surface area is 107 Å². The highest BCUT2D eigenvalue weighted by atomic mass is 28.3. The number of rotatable bonds is 11. The molecule has 0 aromatic heterocycles. The highest BCUT2D eigenvalue weighted by molar-refractivity contribution is 6.46. The van der Waals surface area contributed by atoms with Crippen LogP contribution >= 0.6 is 0 Å². The van der Waals surface area contributed by atoms with Crippen molar-refractivity contribution in [3.8, 4) is 0 Å². The Morgan fingerprint density at radius 3 is 1.59 bits per heavy atom. The van der Waals surface area contributed by atoms with Gasteiger partial charge in [-0.2, -0.15) is 0 Å². The largest absolute Gasteiger partial charge is 0.396 e. The van der Waals surface area contributed by atoms with E-state index in [-0.39, 0.29) is 5.67 Å². The molecule has 5 nitrogen and oxygen atoms in total. The van der Waals surface area contributed by atoms with Crippen molar-refractivity contribution in [2.24, 2.45) is 0 Å². The van der Waals surface area contributed by atoms with Gasteiger partial charge in [-0.1, -0.05) is 12.2 Å². The first-order valence-electron chi connectivity index (χ1n) is 6.53. The molecule has 0 aliphatic carbocycles. The van der Waals surface area contributed by atoms with Gasteiger partial charge < -0.3 is 8.85 Å². The first-order chi connectivity index (χ1) is 8.24. The summed E-state index contributed by atoms with van der Waals surface area (Å²) < 4.78 is 11.4. The highest BCUT2D eigenvalue weighted by Crippen LogP contribution is 2.12. The average molecular weight is 265 g/mol. The van der Waals surface area contributed by atoms with Gasteiger partial charge in [0.1, 0.15) is 5.67 Å². The van der Waals surface area contributed by atoms with Crippen LogP contribution in [0.15, 0.2) is 0 Å². The van der Waals surface area contributed by atoms with Crippen molar-refractivity contribution in [1.29, 1.82) is 0 Å². The van der Waals surface area contributed by atoms with Crippen molar-refractivity contribution >= 4 is 9.28 Å². The van der Waals surface area contributed by atoms with Crippen molar-refractivity contribution in [2.75, 3.05) is 26.4 Å². The Kier molecular flexibility index (Phi) is 11.1. The molecule has 0 aromatic rings. The molecule has 0 heterocycles. The van der Waals surface area contributed by atoms with Gasteiger partial charge in [-0.15, -0.1) is 0 Å². The molecular weight excluding hydrogens is 238 g/mol. The summed E-state index contributed by atoms with van der Waals surface area (Å²) in [5.41, 5.74) is 0.0785. The maximum absolute atomic E-state index is 5.72. The molecule has 0 aliphatic rings. The van der Waals surface area contributed by atoms with Crippen LogP contribution in [0.3, 0.4) is 0 Å². The van der Waals surface area contributed by atoms with E-state index in [1.165, 1.54) is 0 Å². The van der Waals surface area contributed by atoms with Crippen LogP contribution in [-0.4, -0.2) is 46.6 Å². The number of hydroxylamine groups is 2. The number of nitrogens with zero attached hydrogens (tertiary/aromatic N) is 1. The fourth-order valence-corrected chi connectivity index (χ4v) is 3.48. The first-order valence-corrected chi connectivity index (χ1v) is 8.14. The fourth-order valence-electron chi connectivity index (χ4n) is 1.52. The van der Waals surface area contributed by atoms with Gasteiger partial charge in [-0.05, 0) is 34.1 Å². The molecular formula is C11H27NO4Si. The van der Waals surface area contributed by atoms with Crippen LogP contribution in [0, 0.1) is 0 Å². The standard InChI is InChI=1S/C11H27NO4Si/c1-6-11(12(13-7-2)14-8-3)17(15-9-4)16-10-5/h11,17H,6-10H2,1-5H3. The van der Waals surface area contributed by atoms with Crippen LogP contribution in [0.1, 0.15) is 41.0 Å². The predicted molar refractivity (Wildman–Crippen MR) is 69.6 cm³/mol. The smallest absolute Gasteiger partial charge is 0.344 e. The third-order valence-electron chi connectivity index (χ3n) is 2.18. The van der Waals surface area contributed by atoms with Gasteiger partial charge in [0.25, 0.3) is 0 Å². The molecule has 0 aliphatic heterocycles. The molecule has 0 saturated carbocycles. The van der Waals surface area contributed by atoms with E-state index in [0.717, 1.165) is 6.42 Å². The lowest BCUT2D eigenvalue weighted by Gasteiger charge is -2.31. The minimum atomic E-state index is -1.79. The normalized spacial score (nSPS) is 13.6. The van der Waals surface area contributed by atoms with Crippen molar-refractivity contribution in [1.82, 2.24) is 5.23 Å². The Balaban J connectivity index is 4.55. The van der Waals surface area contributed by atoms with E-state index in [9.17, 15) is 0 Å². The maximum atomic E-state index is 5.72. The predicted octanol–water partition coefficient (Wildman–Crippen LogP) is 1.80. The van der Waals surface area contributed by atoms with E-state index in [1.807, 2.05) is 27.7 Å². The molecule has 0 spiro atoms. The number of hydrogen-bond donors (Lipinski definition) is 0. The van der Waals surface area contributed by atoms with Crippen LogP contribution < -0.4 is 0 Å². The first kappa shape index (κ1) is 17.0. The molecule has 0 fully saturated rings. The topological polar surface area (TPSA) is 40.2 Å². The van der Waals surface area contributed by atoms with E-state index < -0.39 is 9.28 Å². The van der Waals surface area contributed by atoms with E-state index in [1.54, 1.807) is 5.23 Å². The van der Waals surface area contributed by atoms with Gasteiger partial charge in [0.05, 0.1) is 13.2 Å². The average Bonchev–Trinajstić information content (AvgIpc) is 2.31. The van der Waals surface area contributed by atoms with E-state index in [4.69, 9.17) is 18.5 Å².